The molecular weight excluding hydrogens is 849 g/mol. The average Bonchev–Trinajstić information content (AvgIpc) is 3.89. The molecule has 2 heterocycles. The molecule has 2 aromatic heterocycles. The molecule has 9 aromatic rings. The molecule has 14 rings (SSSR count). The number of allylic oxidation sites excluding steroid dienone is 10. The van der Waals surface area contributed by atoms with Crippen molar-refractivity contribution >= 4 is 33.0 Å². The van der Waals surface area contributed by atoms with Gasteiger partial charge in [-0.15, -0.1) is 0 Å². The Morgan fingerprint density at radius 1 is 0.543 bits per heavy atom. The monoisotopic (exact) mass is 902 g/mol. The summed E-state index contributed by atoms with van der Waals surface area (Å²) in [6, 6.07) is 56.5. The summed E-state index contributed by atoms with van der Waals surface area (Å²) in [5, 5.41) is 2.45. The van der Waals surface area contributed by atoms with Crippen molar-refractivity contribution in [2.75, 3.05) is 0 Å². The van der Waals surface area contributed by atoms with Gasteiger partial charge in [0.05, 0.1) is 22.1 Å². The lowest BCUT2D eigenvalue weighted by Crippen LogP contribution is -2.27. The molecule has 4 nitrogen and oxygen atoms in total. The average molecular weight is 903 g/mol. The number of para-hydroxylation sites is 2. The first-order valence-corrected chi connectivity index (χ1v) is 25.4. The second-order valence-corrected chi connectivity index (χ2v) is 19.1. The lowest BCUT2D eigenvalue weighted by atomic mass is 9.69. The Kier molecular flexibility index (Phi) is 10.2. The molecule has 0 amide bonds. The van der Waals surface area contributed by atoms with Crippen LogP contribution in [0.1, 0.15) is 97.5 Å². The lowest BCUT2D eigenvalue weighted by molar-refractivity contribution is 0.420. The van der Waals surface area contributed by atoms with Gasteiger partial charge in [0.1, 0.15) is 0 Å². The van der Waals surface area contributed by atoms with E-state index in [2.05, 4.69) is 206 Å². The van der Waals surface area contributed by atoms with E-state index in [0.717, 1.165) is 47.2 Å². The number of aromatic nitrogens is 4. The van der Waals surface area contributed by atoms with Crippen LogP contribution in [-0.2, 0) is 5.41 Å². The molecule has 338 valence electrons. The van der Waals surface area contributed by atoms with Crippen LogP contribution in [0, 0.1) is 6.92 Å². The van der Waals surface area contributed by atoms with E-state index in [9.17, 15) is 0 Å². The molecule has 0 aliphatic heterocycles. The number of hydrogen-bond acceptors (Lipinski definition) is 3. The quantitative estimate of drug-likeness (QED) is 0.167. The lowest BCUT2D eigenvalue weighted by Gasteiger charge is -2.32. The zero-order valence-electron chi connectivity index (χ0n) is 40.1. The summed E-state index contributed by atoms with van der Waals surface area (Å²) < 4.78 is 2.52. The summed E-state index contributed by atoms with van der Waals surface area (Å²) in [5.74, 6) is 2.54. The van der Waals surface area contributed by atoms with E-state index >= 15 is 0 Å². The van der Waals surface area contributed by atoms with Gasteiger partial charge in [-0.3, -0.25) is 0 Å². The second-order valence-electron chi connectivity index (χ2n) is 19.1. The van der Waals surface area contributed by atoms with Crippen molar-refractivity contribution in [3.8, 4) is 50.7 Å². The van der Waals surface area contributed by atoms with Crippen LogP contribution in [0.2, 0.25) is 0 Å². The smallest absolute Gasteiger partial charge is 0.166 e. The van der Waals surface area contributed by atoms with Gasteiger partial charge in [-0.2, -0.15) is 0 Å². The van der Waals surface area contributed by atoms with Crippen LogP contribution in [0.25, 0.3) is 83.7 Å². The van der Waals surface area contributed by atoms with Crippen molar-refractivity contribution in [3.63, 3.8) is 0 Å². The highest BCUT2D eigenvalue weighted by atomic mass is 15.1. The maximum absolute atomic E-state index is 5.58. The van der Waals surface area contributed by atoms with Crippen molar-refractivity contribution in [1.29, 1.82) is 0 Å². The normalized spacial score (nSPS) is 17.4. The van der Waals surface area contributed by atoms with Crippen molar-refractivity contribution in [2.24, 2.45) is 0 Å². The van der Waals surface area contributed by atoms with Crippen LogP contribution in [0.5, 0.6) is 0 Å². The van der Waals surface area contributed by atoms with Gasteiger partial charge in [0.15, 0.2) is 17.5 Å². The maximum Gasteiger partial charge on any atom is 0.166 e. The Balaban J connectivity index is 0.00000237. The predicted octanol–water partition coefficient (Wildman–Crippen LogP) is 16.9. The number of benzene rings is 7. The Morgan fingerprint density at radius 3 is 2.06 bits per heavy atom. The molecule has 5 aliphatic rings. The topological polar surface area (TPSA) is 43.6 Å². The summed E-state index contributed by atoms with van der Waals surface area (Å²) in [6.07, 6.45) is 22.3. The van der Waals surface area contributed by atoms with Crippen LogP contribution < -0.4 is 0 Å². The highest BCUT2D eigenvalue weighted by molar-refractivity contribution is 6.17. The van der Waals surface area contributed by atoms with E-state index in [4.69, 9.17) is 15.0 Å². The number of fused-ring (bicyclic) bond motifs is 13. The van der Waals surface area contributed by atoms with Gasteiger partial charge < -0.3 is 4.57 Å². The highest BCUT2D eigenvalue weighted by Crippen LogP contribution is 2.64. The first-order chi connectivity index (χ1) is 34.7. The zero-order chi connectivity index (χ0) is 46.9. The summed E-state index contributed by atoms with van der Waals surface area (Å²) in [7, 11) is 0. The molecule has 1 unspecified atom stereocenters. The van der Waals surface area contributed by atoms with Crippen molar-refractivity contribution in [3.05, 3.63) is 239 Å². The number of rotatable bonds is 6. The van der Waals surface area contributed by atoms with Crippen molar-refractivity contribution in [1.82, 2.24) is 19.5 Å². The fourth-order valence-electron chi connectivity index (χ4n) is 12.5. The van der Waals surface area contributed by atoms with Crippen LogP contribution in [0.4, 0.5) is 0 Å². The summed E-state index contributed by atoms with van der Waals surface area (Å²) in [6.45, 7) is 6.23. The van der Waals surface area contributed by atoms with Gasteiger partial charge in [-0.05, 0) is 124 Å². The largest absolute Gasteiger partial charge is 0.308 e. The molecule has 1 saturated carbocycles. The van der Waals surface area contributed by atoms with Crippen molar-refractivity contribution < 1.29 is 0 Å². The molecule has 0 bridgehead atoms. The van der Waals surface area contributed by atoms with E-state index in [1.807, 2.05) is 13.8 Å². The first-order valence-electron chi connectivity index (χ1n) is 25.4. The van der Waals surface area contributed by atoms with Crippen LogP contribution in [0.3, 0.4) is 0 Å². The molecule has 0 N–H and O–H groups in total. The number of nitrogens with zero attached hydrogens (tertiary/aromatic N) is 4. The molecule has 1 atom stereocenters. The van der Waals surface area contributed by atoms with E-state index in [1.54, 1.807) is 0 Å². The minimum Gasteiger partial charge on any atom is -0.308 e. The van der Waals surface area contributed by atoms with Gasteiger partial charge in [0.25, 0.3) is 0 Å². The molecule has 0 saturated heterocycles. The third-order valence-corrected chi connectivity index (χ3v) is 15.6. The van der Waals surface area contributed by atoms with Gasteiger partial charge in [-0.25, -0.2) is 15.0 Å². The summed E-state index contributed by atoms with van der Waals surface area (Å²) in [4.78, 5) is 16.4. The van der Waals surface area contributed by atoms with E-state index < -0.39 is 5.41 Å². The predicted molar refractivity (Wildman–Crippen MR) is 291 cm³/mol. The summed E-state index contributed by atoms with van der Waals surface area (Å²) >= 11 is 0. The molecule has 70 heavy (non-hydrogen) atoms. The Labute approximate surface area is 410 Å². The fraction of sp³-hybridized carbons (Fsp3) is 0.167. The standard InChI is InChI=1S/C64H48N4.C2H6/c1-40-20-18-32-51(58(40)47-29-7-6-25-43(47)41-23-19-24-41)63-66-61(42-21-4-2-3-5-22-42)65-62(67-63)50-31-12-17-37-57(50)68-56-36-16-11-28-46(56)48-38-39-55-59(60(48)68)49-30-10-15-35-54(49)64(55)52-33-13-8-26-44(52)45-27-9-14-34-53(45)64;1-2/h2,4-8,10-18,20-22,25-26,28-39,41H,3,9,19,23-24,27H2,1H3;1-2H3. The third-order valence-electron chi connectivity index (χ3n) is 15.6. The number of hydrogen-bond donors (Lipinski definition) is 0. The van der Waals surface area contributed by atoms with Crippen LogP contribution >= 0.6 is 0 Å². The maximum atomic E-state index is 5.58. The molecule has 4 heteroatoms. The highest BCUT2D eigenvalue weighted by Gasteiger charge is 2.53. The fourth-order valence-corrected chi connectivity index (χ4v) is 12.5. The molecular formula is C66H54N4. The van der Waals surface area contributed by atoms with E-state index in [-0.39, 0.29) is 0 Å². The molecule has 0 radical (unpaired) electrons. The third kappa shape index (κ3) is 6.18. The molecule has 1 fully saturated rings. The molecule has 5 aliphatic carbocycles. The minimum atomic E-state index is -0.418. The van der Waals surface area contributed by atoms with E-state index in [0.29, 0.717) is 23.4 Å². The summed E-state index contributed by atoms with van der Waals surface area (Å²) in [5.41, 5.74) is 22.0. The van der Waals surface area contributed by atoms with Gasteiger partial charge in [0.2, 0.25) is 0 Å². The van der Waals surface area contributed by atoms with Crippen molar-refractivity contribution in [2.45, 2.75) is 70.6 Å². The Morgan fingerprint density at radius 2 is 1.23 bits per heavy atom. The SMILES string of the molecule is CC.Cc1cccc(-c2nc(C3=CC=CCC=C3)nc(-c3ccccc3-n3c4ccccc4c4ccc5c(c43)-c3ccccc3C53C4=C(CCC=C4)c4ccccc43)n2)c1-c1ccccc1C1CCC1. The van der Waals surface area contributed by atoms with Gasteiger partial charge in [-0.1, -0.05) is 196 Å². The Hall–Kier alpha value is -7.95. The minimum absolute atomic E-state index is 0.418. The van der Waals surface area contributed by atoms with Crippen LogP contribution in [0.15, 0.2) is 200 Å². The number of aryl methyl sites for hydroxylation is 1. The van der Waals surface area contributed by atoms with E-state index in [1.165, 1.54) is 102 Å². The second kappa shape index (κ2) is 16.9. The molecule has 7 aromatic carbocycles. The van der Waals surface area contributed by atoms with Gasteiger partial charge >= 0.3 is 0 Å². The van der Waals surface area contributed by atoms with Crippen LogP contribution in [-0.4, -0.2) is 19.5 Å². The zero-order valence-corrected chi connectivity index (χ0v) is 40.1. The molecule has 1 spiro atoms. The first kappa shape index (κ1) is 42.2. The Bertz CT molecular complexity index is 3770. The van der Waals surface area contributed by atoms with Gasteiger partial charge in [0, 0.05) is 33.0 Å².